The van der Waals surface area contributed by atoms with Gasteiger partial charge in [0.05, 0.1) is 25.1 Å². The van der Waals surface area contributed by atoms with Gasteiger partial charge in [-0.15, -0.1) is 0 Å². The zero-order valence-corrected chi connectivity index (χ0v) is 19.5. The number of ether oxygens (including phenoxy) is 2. The van der Waals surface area contributed by atoms with Gasteiger partial charge in [-0.2, -0.15) is 0 Å². The fraction of sp³-hybridized carbons (Fsp3) is 0.192. The molecule has 0 unspecified atom stereocenters. The standard InChI is InChI=1S/C26H26N4O5/c1-3-35-21-14-10-19(11-15-21)28-26(33)30-17-25(32)29(22-6-4-5-7-23(22)30)16-24(31)27-18-8-12-20(34-2)13-9-18/h4-15H,3,16-17H2,1-2H3,(H,27,31)(H,28,33). The smallest absolute Gasteiger partial charge is 0.326 e. The summed E-state index contributed by atoms with van der Waals surface area (Å²) in [5.74, 6) is 0.653. The first kappa shape index (κ1) is 23.6. The molecular formula is C26H26N4O5. The van der Waals surface area contributed by atoms with Crippen LogP contribution in [0, 0.1) is 0 Å². The van der Waals surface area contributed by atoms with Gasteiger partial charge in [0.2, 0.25) is 11.8 Å². The molecule has 0 radical (unpaired) electrons. The minimum absolute atomic E-state index is 0.184. The van der Waals surface area contributed by atoms with E-state index < -0.39 is 6.03 Å². The number of benzene rings is 3. The molecule has 3 aromatic carbocycles. The highest BCUT2D eigenvalue weighted by Crippen LogP contribution is 2.34. The van der Waals surface area contributed by atoms with Gasteiger partial charge < -0.3 is 20.1 Å². The molecule has 0 bridgehead atoms. The number of methoxy groups -OCH3 is 1. The van der Waals surface area contributed by atoms with Crippen LogP contribution in [0.1, 0.15) is 6.92 Å². The predicted molar refractivity (Wildman–Crippen MR) is 134 cm³/mol. The maximum absolute atomic E-state index is 13.0. The van der Waals surface area contributed by atoms with Crippen molar-refractivity contribution in [3.05, 3.63) is 72.8 Å². The third kappa shape index (κ3) is 5.52. The van der Waals surface area contributed by atoms with Crippen LogP contribution in [0.15, 0.2) is 72.8 Å². The van der Waals surface area contributed by atoms with Crippen molar-refractivity contribution in [2.45, 2.75) is 6.92 Å². The Hall–Kier alpha value is -4.53. The van der Waals surface area contributed by atoms with Crippen LogP contribution in [-0.4, -0.2) is 44.7 Å². The van der Waals surface area contributed by atoms with Crippen LogP contribution < -0.4 is 29.9 Å². The summed E-state index contributed by atoms with van der Waals surface area (Å²) in [5.41, 5.74) is 2.18. The third-order valence-corrected chi connectivity index (χ3v) is 5.39. The fourth-order valence-corrected chi connectivity index (χ4v) is 3.73. The molecule has 4 rings (SSSR count). The van der Waals surface area contributed by atoms with Crippen molar-refractivity contribution in [3.63, 3.8) is 0 Å². The molecule has 35 heavy (non-hydrogen) atoms. The molecule has 0 fully saturated rings. The number of hydrogen-bond acceptors (Lipinski definition) is 5. The van der Waals surface area contributed by atoms with Crippen molar-refractivity contribution in [2.24, 2.45) is 0 Å². The molecular weight excluding hydrogens is 448 g/mol. The minimum atomic E-state index is -0.447. The lowest BCUT2D eigenvalue weighted by atomic mass is 10.1. The number of nitrogens with zero attached hydrogens (tertiary/aromatic N) is 2. The minimum Gasteiger partial charge on any atom is -0.497 e. The predicted octanol–water partition coefficient (Wildman–Crippen LogP) is 4.12. The zero-order valence-electron chi connectivity index (χ0n) is 19.5. The summed E-state index contributed by atoms with van der Waals surface area (Å²) in [7, 11) is 1.56. The van der Waals surface area contributed by atoms with E-state index in [2.05, 4.69) is 10.6 Å². The first-order valence-electron chi connectivity index (χ1n) is 11.1. The Labute approximate surface area is 203 Å². The number of carbonyl (C=O) groups excluding carboxylic acids is 3. The Morgan fingerprint density at radius 3 is 2.09 bits per heavy atom. The highest BCUT2D eigenvalue weighted by atomic mass is 16.5. The molecule has 1 aliphatic rings. The lowest BCUT2D eigenvalue weighted by Gasteiger charge is -2.35. The topological polar surface area (TPSA) is 100 Å². The van der Waals surface area contributed by atoms with E-state index in [1.54, 1.807) is 79.9 Å². The maximum atomic E-state index is 13.0. The van der Waals surface area contributed by atoms with Crippen molar-refractivity contribution in [1.82, 2.24) is 0 Å². The molecule has 0 aliphatic carbocycles. The van der Waals surface area contributed by atoms with Crippen molar-refractivity contribution in [2.75, 3.05) is 47.2 Å². The Balaban J connectivity index is 1.47. The van der Waals surface area contributed by atoms with Crippen molar-refractivity contribution >= 4 is 40.6 Å². The molecule has 1 aliphatic heterocycles. The molecule has 9 heteroatoms. The second kappa shape index (κ2) is 10.6. The van der Waals surface area contributed by atoms with Gasteiger partial charge >= 0.3 is 6.03 Å². The van der Waals surface area contributed by atoms with E-state index in [1.165, 1.54) is 9.80 Å². The average molecular weight is 475 g/mol. The van der Waals surface area contributed by atoms with Crippen LogP contribution >= 0.6 is 0 Å². The normalized spacial score (nSPS) is 12.6. The van der Waals surface area contributed by atoms with Crippen LogP contribution in [-0.2, 0) is 9.59 Å². The molecule has 2 N–H and O–H groups in total. The molecule has 0 atom stereocenters. The number of para-hydroxylation sites is 2. The third-order valence-electron chi connectivity index (χ3n) is 5.39. The van der Waals surface area contributed by atoms with Crippen LogP contribution in [0.3, 0.4) is 0 Å². The van der Waals surface area contributed by atoms with E-state index in [-0.39, 0.29) is 24.9 Å². The molecule has 0 spiro atoms. The summed E-state index contributed by atoms with van der Waals surface area (Å²) in [6.45, 7) is 2.06. The van der Waals surface area contributed by atoms with Gasteiger partial charge in [-0.3, -0.25) is 19.4 Å². The summed E-state index contributed by atoms with van der Waals surface area (Å²) >= 11 is 0. The van der Waals surface area contributed by atoms with E-state index in [4.69, 9.17) is 9.47 Å². The van der Waals surface area contributed by atoms with Gasteiger partial charge in [-0.05, 0) is 67.6 Å². The summed E-state index contributed by atoms with van der Waals surface area (Å²) < 4.78 is 10.5. The number of urea groups is 1. The fourth-order valence-electron chi connectivity index (χ4n) is 3.73. The number of hydrogen-bond donors (Lipinski definition) is 2. The number of anilines is 4. The largest absolute Gasteiger partial charge is 0.497 e. The summed E-state index contributed by atoms with van der Waals surface area (Å²) in [4.78, 5) is 41.5. The number of carbonyl (C=O) groups is 3. The summed E-state index contributed by atoms with van der Waals surface area (Å²) in [6, 6.07) is 20.4. The first-order chi connectivity index (χ1) is 17.0. The SMILES string of the molecule is CCOc1ccc(NC(=O)N2CC(=O)N(CC(=O)Nc3ccc(OC)cc3)c3ccccc32)cc1. The van der Waals surface area contributed by atoms with Gasteiger partial charge in [0, 0.05) is 11.4 Å². The van der Waals surface area contributed by atoms with Crippen LogP contribution in [0.2, 0.25) is 0 Å². The van der Waals surface area contributed by atoms with Gasteiger partial charge in [0.15, 0.2) is 0 Å². The quantitative estimate of drug-likeness (QED) is 0.537. The zero-order chi connectivity index (χ0) is 24.8. The maximum Gasteiger partial charge on any atom is 0.326 e. The Morgan fingerprint density at radius 2 is 1.46 bits per heavy atom. The van der Waals surface area contributed by atoms with E-state index in [0.29, 0.717) is 40.9 Å². The van der Waals surface area contributed by atoms with Crippen LogP contribution in [0.4, 0.5) is 27.5 Å². The second-order valence-electron chi connectivity index (χ2n) is 7.72. The van der Waals surface area contributed by atoms with Gasteiger partial charge in [-0.1, -0.05) is 12.1 Å². The van der Waals surface area contributed by atoms with Crippen LogP contribution in [0.25, 0.3) is 0 Å². The van der Waals surface area contributed by atoms with Crippen molar-refractivity contribution in [3.8, 4) is 11.5 Å². The number of rotatable bonds is 7. The molecule has 0 saturated heterocycles. The van der Waals surface area contributed by atoms with E-state index >= 15 is 0 Å². The molecule has 180 valence electrons. The first-order valence-corrected chi connectivity index (χ1v) is 11.1. The average Bonchev–Trinajstić information content (AvgIpc) is 2.87. The molecule has 4 amide bonds. The summed E-state index contributed by atoms with van der Waals surface area (Å²) in [6.07, 6.45) is 0. The molecule has 0 aromatic heterocycles. The molecule has 9 nitrogen and oxygen atoms in total. The van der Waals surface area contributed by atoms with E-state index in [9.17, 15) is 14.4 Å². The van der Waals surface area contributed by atoms with E-state index in [0.717, 1.165) is 0 Å². The molecule has 1 heterocycles. The number of fused-ring (bicyclic) bond motifs is 1. The van der Waals surface area contributed by atoms with Gasteiger partial charge in [0.1, 0.15) is 24.6 Å². The molecule has 0 saturated carbocycles. The van der Waals surface area contributed by atoms with Gasteiger partial charge in [-0.25, -0.2) is 4.79 Å². The monoisotopic (exact) mass is 474 g/mol. The highest BCUT2D eigenvalue weighted by molar-refractivity contribution is 6.15. The molecule has 3 aromatic rings. The van der Waals surface area contributed by atoms with Crippen molar-refractivity contribution in [1.29, 1.82) is 0 Å². The van der Waals surface area contributed by atoms with Crippen molar-refractivity contribution < 1.29 is 23.9 Å². The number of amides is 4. The Morgan fingerprint density at radius 1 is 0.857 bits per heavy atom. The second-order valence-corrected chi connectivity index (χ2v) is 7.72. The lowest BCUT2D eigenvalue weighted by Crippen LogP contribution is -2.51. The Kier molecular flexibility index (Phi) is 7.15. The summed E-state index contributed by atoms with van der Waals surface area (Å²) in [5, 5.41) is 5.59. The Bertz CT molecular complexity index is 1210. The lowest BCUT2D eigenvalue weighted by molar-refractivity contribution is -0.120. The van der Waals surface area contributed by atoms with E-state index in [1.807, 2.05) is 6.92 Å². The number of nitrogens with one attached hydrogen (secondary N) is 2. The highest BCUT2D eigenvalue weighted by Gasteiger charge is 2.33. The van der Waals surface area contributed by atoms with Gasteiger partial charge in [0.25, 0.3) is 0 Å². The van der Waals surface area contributed by atoms with Crippen LogP contribution in [0.5, 0.6) is 11.5 Å².